The normalized spacial score (nSPS) is 13.4. The summed E-state index contributed by atoms with van der Waals surface area (Å²) < 4.78 is 0. The van der Waals surface area contributed by atoms with Gasteiger partial charge in [-0.2, -0.15) is 0 Å². The molecule has 0 saturated heterocycles. The largest absolute Gasteiger partial charge is 0.480 e. The predicted octanol–water partition coefficient (Wildman–Crippen LogP) is -0.557. The van der Waals surface area contributed by atoms with Crippen LogP contribution in [0.5, 0.6) is 0 Å². The molecule has 0 fully saturated rings. The molecule has 3 atom stereocenters. The van der Waals surface area contributed by atoms with Crippen molar-refractivity contribution in [3.63, 3.8) is 0 Å². The summed E-state index contributed by atoms with van der Waals surface area (Å²) in [5.74, 6) is -3.43. The topological polar surface area (TPSA) is 187 Å². The second kappa shape index (κ2) is 12.5. The van der Waals surface area contributed by atoms with Gasteiger partial charge in [-0.3, -0.25) is 19.2 Å². The zero-order valence-corrected chi connectivity index (χ0v) is 19.4. The first kappa shape index (κ1) is 26.4. The summed E-state index contributed by atoms with van der Waals surface area (Å²) in [6.07, 6.45) is 2.12. The maximum Gasteiger partial charge on any atom is 0.322 e. The van der Waals surface area contributed by atoms with Gasteiger partial charge in [0.2, 0.25) is 17.7 Å². The third kappa shape index (κ3) is 7.14. The summed E-state index contributed by atoms with van der Waals surface area (Å²) in [6, 6.07) is 13.1. The number of aliphatic carboxylic acids is 1. The second-order valence-electron chi connectivity index (χ2n) is 8.28. The molecule has 11 heteroatoms. The SMILES string of the molecule is NC(Cc1c[nH]c2ccccc12)C(=O)NC(Cc1ccccc1)C(=O)NC(CO)C(=O)NCC(=O)O. The van der Waals surface area contributed by atoms with Gasteiger partial charge >= 0.3 is 5.97 Å². The molecule has 36 heavy (non-hydrogen) atoms. The van der Waals surface area contributed by atoms with Crippen molar-refractivity contribution in [3.05, 3.63) is 71.9 Å². The number of aromatic nitrogens is 1. The highest BCUT2D eigenvalue weighted by Crippen LogP contribution is 2.18. The first-order valence-corrected chi connectivity index (χ1v) is 11.3. The van der Waals surface area contributed by atoms with Gasteiger partial charge in [0, 0.05) is 23.5 Å². The molecular weight excluding hydrogens is 466 g/mol. The van der Waals surface area contributed by atoms with Crippen LogP contribution in [0.25, 0.3) is 10.9 Å². The van der Waals surface area contributed by atoms with Gasteiger partial charge in [0.15, 0.2) is 0 Å². The van der Waals surface area contributed by atoms with Gasteiger partial charge in [0.05, 0.1) is 12.6 Å². The number of carboxylic acids is 1. The van der Waals surface area contributed by atoms with Crippen molar-refractivity contribution in [2.45, 2.75) is 31.0 Å². The number of aliphatic hydroxyl groups is 1. The van der Waals surface area contributed by atoms with E-state index in [0.717, 1.165) is 22.0 Å². The molecule has 2 aromatic carbocycles. The van der Waals surface area contributed by atoms with Crippen LogP contribution < -0.4 is 21.7 Å². The molecule has 3 aromatic rings. The van der Waals surface area contributed by atoms with E-state index in [1.807, 2.05) is 30.3 Å². The fraction of sp³-hybridized carbons (Fsp3) is 0.280. The molecule has 3 amide bonds. The lowest BCUT2D eigenvalue weighted by Gasteiger charge is -2.23. The van der Waals surface area contributed by atoms with Gasteiger partial charge in [-0.25, -0.2) is 0 Å². The number of nitrogens with two attached hydrogens (primary N) is 1. The van der Waals surface area contributed by atoms with E-state index in [1.54, 1.807) is 30.5 Å². The third-order valence-electron chi connectivity index (χ3n) is 5.60. The highest BCUT2D eigenvalue weighted by atomic mass is 16.4. The summed E-state index contributed by atoms with van der Waals surface area (Å²) in [6.45, 7) is -1.43. The van der Waals surface area contributed by atoms with E-state index in [-0.39, 0.29) is 12.8 Å². The number of H-pyrrole nitrogens is 1. The zero-order valence-electron chi connectivity index (χ0n) is 19.4. The molecule has 0 spiro atoms. The number of aromatic amines is 1. The number of carboxylic acid groups (broad SMARTS) is 1. The molecule has 3 rings (SSSR count). The fourth-order valence-corrected chi connectivity index (χ4v) is 3.72. The Hall–Kier alpha value is -4.22. The first-order chi connectivity index (χ1) is 17.3. The van der Waals surface area contributed by atoms with E-state index in [2.05, 4.69) is 20.9 Å². The minimum atomic E-state index is -1.40. The Morgan fingerprint density at radius 3 is 2.22 bits per heavy atom. The predicted molar refractivity (Wildman–Crippen MR) is 132 cm³/mol. The summed E-state index contributed by atoms with van der Waals surface area (Å²) >= 11 is 0. The van der Waals surface area contributed by atoms with Crippen LogP contribution in [-0.2, 0) is 32.0 Å². The van der Waals surface area contributed by atoms with Crippen molar-refractivity contribution in [1.29, 1.82) is 0 Å². The molecular formula is C25H29N5O6. The highest BCUT2D eigenvalue weighted by molar-refractivity contribution is 5.94. The molecule has 0 aliphatic heterocycles. The fourth-order valence-electron chi connectivity index (χ4n) is 3.72. The molecule has 11 nitrogen and oxygen atoms in total. The summed E-state index contributed by atoms with van der Waals surface area (Å²) in [5.41, 5.74) is 8.69. The number of carbonyl (C=O) groups is 4. The number of carbonyl (C=O) groups excluding carboxylic acids is 3. The van der Waals surface area contributed by atoms with Crippen molar-refractivity contribution in [2.75, 3.05) is 13.2 Å². The van der Waals surface area contributed by atoms with Gasteiger partial charge in [-0.15, -0.1) is 0 Å². The minimum Gasteiger partial charge on any atom is -0.480 e. The van der Waals surface area contributed by atoms with Crippen LogP contribution in [-0.4, -0.2) is 70.2 Å². The number of hydrogen-bond donors (Lipinski definition) is 7. The number of hydrogen-bond acceptors (Lipinski definition) is 6. The molecule has 0 saturated carbocycles. The summed E-state index contributed by atoms with van der Waals surface area (Å²) in [7, 11) is 0. The van der Waals surface area contributed by atoms with Crippen molar-refractivity contribution in [2.24, 2.45) is 5.73 Å². The summed E-state index contributed by atoms with van der Waals surface area (Å²) in [4.78, 5) is 52.0. The lowest BCUT2D eigenvalue weighted by Crippen LogP contribution is -2.57. The van der Waals surface area contributed by atoms with E-state index in [4.69, 9.17) is 10.8 Å². The maximum atomic E-state index is 13.0. The number of amides is 3. The van der Waals surface area contributed by atoms with Crippen molar-refractivity contribution in [3.8, 4) is 0 Å². The average Bonchev–Trinajstić information content (AvgIpc) is 3.28. The summed E-state index contributed by atoms with van der Waals surface area (Å²) in [5, 5.41) is 26.3. The number of nitrogens with one attached hydrogen (secondary N) is 4. The van der Waals surface area contributed by atoms with Crippen molar-refractivity contribution in [1.82, 2.24) is 20.9 Å². The van der Waals surface area contributed by atoms with E-state index < -0.39 is 55.0 Å². The van der Waals surface area contributed by atoms with Crippen LogP contribution in [0, 0.1) is 0 Å². The van der Waals surface area contributed by atoms with E-state index in [1.165, 1.54) is 0 Å². The lowest BCUT2D eigenvalue weighted by molar-refractivity contribution is -0.138. The molecule has 0 aliphatic rings. The van der Waals surface area contributed by atoms with Crippen LogP contribution in [0.15, 0.2) is 60.8 Å². The van der Waals surface area contributed by atoms with Gasteiger partial charge in [0.25, 0.3) is 0 Å². The van der Waals surface area contributed by atoms with Crippen molar-refractivity contribution < 1.29 is 29.4 Å². The van der Waals surface area contributed by atoms with Crippen LogP contribution in [0.4, 0.5) is 0 Å². The molecule has 0 aliphatic carbocycles. The Balaban J connectivity index is 1.71. The second-order valence-corrected chi connectivity index (χ2v) is 8.28. The Morgan fingerprint density at radius 2 is 1.53 bits per heavy atom. The number of fused-ring (bicyclic) bond motifs is 1. The minimum absolute atomic E-state index is 0.104. The molecule has 0 bridgehead atoms. The maximum absolute atomic E-state index is 13.0. The molecule has 0 radical (unpaired) electrons. The van der Waals surface area contributed by atoms with Crippen molar-refractivity contribution >= 4 is 34.6 Å². The first-order valence-electron chi connectivity index (χ1n) is 11.3. The van der Waals surface area contributed by atoms with Crippen LogP contribution in [0.3, 0.4) is 0 Å². The van der Waals surface area contributed by atoms with E-state index in [0.29, 0.717) is 0 Å². The quantitative estimate of drug-likeness (QED) is 0.175. The molecule has 8 N–H and O–H groups in total. The molecule has 190 valence electrons. The van der Waals surface area contributed by atoms with Crippen LogP contribution in [0.1, 0.15) is 11.1 Å². The molecule has 3 unspecified atom stereocenters. The number of aliphatic hydroxyl groups excluding tert-OH is 1. The van der Waals surface area contributed by atoms with Crippen LogP contribution >= 0.6 is 0 Å². The van der Waals surface area contributed by atoms with Gasteiger partial charge < -0.3 is 36.9 Å². The lowest BCUT2D eigenvalue weighted by atomic mass is 10.0. The van der Waals surface area contributed by atoms with Gasteiger partial charge in [-0.05, 0) is 23.6 Å². The highest BCUT2D eigenvalue weighted by Gasteiger charge is 2.28. The molecule has 1 aromatic heterocycles. The van der Waals surface area contributed by atoms with Gasteiger partial charge in [0.1, 0.15) is 18.6 Å². The molecule has 1 heterocycles. The zero-order chi connectivity index (χ0) is 26.1. The Labute approximate surface area is 207 Å². The Kier molecular flexibility index (Phi) is 9.14. The van der Waals surface area contributed by atoms with Crippen LogP contribution in [0.2, 0.25) is 0 Å². The monoisotopic (exact) mass is 495 g/mol. The smallest absolute Gasteiger partial charge is 0.322 e. The number of para-hydroxylation sites is 1. The third-order valence-corrected chi connectivity index (χ3v) is 5.60. The standard InChI is InChI=1S/C25H29N5O6/c26-18(11-16-12-27-19-9-5-4-8-17(16)19)23(34)29-20(10-15-6-2-1-3-7-15)25(36)30-21(14-31)24(35)28-13-22(32)33/h1-9,12,18,20-21,27,31H,10-11,13-14,26H2,(H,28,35)(H,29,34)(H,30,36)(H,32,33). The number of benzene rings is 2. The van der Waals surface area contributed by atoms with Gasteiger partial charge in [-0.1, -0.05) is 48.5 Å². The van der Waals surface area contributed by atoms with E-state index >= 15 is 0 Å². The Morgan fingerprint density at radius 1 is 0.861 bits per heavy atom. The van der Waals surface area contributed by atoms with E-state index in [9.17, 15) is 24.3 Å². The average molecular weight is 496 g/mol. The Bertz CT molecular complexity index is 1210. The number of rotatable bonds is 12.